The van der Waals surface area contributed by atoms with Crippen molar-refractivity contribution in [2.45, 2.75) is 46.2 Å². The van der Waals surface area contributed by atoms with Crippen LogP contribution in [0.15, 0.2) is 49.1 Å². The number of pyridine rings is 1. The molecule has 0 N–H and O–H groups in total. The molecule has 3 aromatic rings. The zero-order valence-electron chi connectivity index (χ0n) is 24.1. The number of carbonyl (C=O) groups excluding carboxylic acids is 1. The van der Waals surface area contributed by atoms with Crippen molar-refractivity contribution in [1.29, 1.82) is 5.26 Å². The number of fused-ring (bicyclic) bond motifs is 2. The zero-order valence-corrected chi connectivity index (χ0v) is 24.1. The molecule has 8 heteroatoms. The predicted octanol–water partition coefficient (Wildman–Crippen LogP) is 4.92. The number of likely N-dealkylation sites (tertiary alicyclic amines) is 1. The summed E-state index contributed by atoms with van der Waals surface area (Å²) in [5.41, 5.74) is 6.02. The monoisotopic (exact) mass is 566 g/mol. The summed E-state index contributed by atoms with van der Waals surface area (Å²) < 4.78 is 6.39. The third kappa shape index (κ3) is 5.41. The molecule has 0 bridgehead atoms. The van der Waals surface area contributed by atoms with Crippen molar-refractivity contribution in [3.05, 3.63) is 71.4 Å². The Morgan fingerprint density at radius 3 is 2.57 bits per heavy atom. The van der Waals surface area contributed by atoms with Crippen molar-refractivity contribution >= 4 is 28.1 Å². The second-order valence-electron chi connectivity index (χ2n) is 11.4. The van der Waals surface area contributed by atoms with Crippen LogP contribution in [0, 0.1) is 18.3 Å². The number of aryl methyl sites for hydroxylation is 1. The molecule has 4 heterocycles. The van der Waals surface area contributed by atoms with Gasteiger partial charge in [-0.2, -0.15) is 5.26 Å². The fourth-order valence-electron chi connectivity index (χ4n) is 6.71. The van der Waals surface area contributed by atoms with Crippen molar-refractivity contribution in [1.82, 2.24) is 14.8 Å². The van der Waals surface area contributed by atoms with Gasteiger partial charge in [-0.1, -0.05) is 44.3 Å². The van der Waals surface area contributed by atoms with Crippen molar-refractivity contribution in [3.8, 4) is 11.9 Å². The number of nitrogens with zero attached hydrogens (tertiary/aromatic N) is 6. The lowest BCUT2D eigenvalue weighted by atomic mass is 9.96. The first-order chi connectivity index (χ1) is 20.0. The summed E-state index contributed by atoms with van der Waals surface area (Å²) in [4.78, 5) is 26.1. The maximum absolute atomic E-state index is 12.2. The Kier molecular flexibility index (Phi) is 8.69. The van der Waals surface area contributed by atoms with Crippen LogP contribution in [0.2, 0.25) is 0 Å². The van der Waals surface area contributed by atoms with Gasteiger partial charge in [0, 0.05) is 55.4 Å². The van der Waals surface area contributed by atoms with E-state index in [1.807, 2.05) is 4.90 Å². The molecular weight excluding hydrogens is 524 g/mol. The van der Waals surface area contributed by atoms with E-state index in [-0.39, 0.29) is 13.3 Å². The highest BCUT2D eigenvalue weighted by Gasteiger charge is 2.32. The molecule has 2 fully saturated rings. The fourth-order valence-corrected chi connectivity index (χ4v) is 6.71. The van der Waals surface area contributed by atoms with Gasteiger partial charge in [-0.05, 0) is 62.9 Å². The maximum Gasteiger partial charge on any atom is 0.246 e. The number of rotatable bonds is 6. The SMILES string of the molecule is C.C=CC(=O)N1CCN(c2c(C#N)c(OC[C@@H]3CCCN3C)nc3c2CCN(c2cccc4cccc(C)c24)C3)CC1. The molecule has 0 spiro atoms. The van der Waals surface area contributed by atoms with Gasteiger partial charge in [0.25, 0.3) is 0 Å². The quantitative estimate of drug-likeness (QED) is 0.392. The number of amides is 1. The van der Waals surface area contributed by atoms with Gasteiger partial charge in [-0.15, -0.1) is 0 Å². The van der Waals surface area contributed by atoms with Crippen molar-refractivity contribution < 1.29 is 9.53 Å². The molecule has 1 amide bonds. The first-order valence-corrected chi connectivity index (χ1v) is 14.7. The molecular formula is C34H42N6O2. The lowest BCUT2D eigenvalue weighted by Gasteiger charge is -2.39. The van der Waals surface area contributed by atoms with Crippen LogP contribution in [0.4, 0.5) is 11.4 Å². The molecule has 0 unspecified atom stereocenters. The highest BCUT2D eigenvalue weighted by atomic mass is 16.5. The van der Waals surface area contributed by atoms with Crippen LogP contribution < -0.4 is 14.5 Å². The smallest absolute Gasteiger partial charge is 0.246 e. The van der Waals surface area contributed by atoms with E-state index < -0.39 is 0 Å². The standard InChI is InChI=1S/C33H38N6O2.CH4/c1-4-30(40)37-16-18-38(19-17-37)32-26-13-15-39(29-12-6-10-24-9-5-8-23(2)31(24)29)21-28(26)35-33(27(32)20-34)41-22-25-11-7-14-36(25)3;/h4-6,8-10,12,25H,1,7,11,13-19,21-22H2,2-3H3;1H4/t25-;/m0./s1. The van der Waals surface area contributed by atoms with Gasteiger partial charge in [0.2, 0.25) is 11.8 Å². The maximum atomic E-state index is 12.2. The largest absolute Gasteiger partial charge is 0.475 e. The number of ether oxygens (including phenoxy) is 1. The Balaban J connectivity index is 0.00000353. The molecule has 6 rings (SSSR count). The summed E-state index contributed by atoms with van der Waals surface area (Å²) in [6, 6.07) is 15.7. The molecule has 0 aliphatic carbocycles. The molecule has 1 aromatic heterocycles. The molecule has 3 aliphatic rings. The second kappa shape index (κ2) is 12.4. The average Bonchev–Trinajstić information content (AvgIpc) is 3.42. The minimum absolute atomic E-state index is 0. The number of likely N-dealkylation sites (N-methyl/N-ethyl adjacent to an activating group) is 1. The molecule has 220 valence electrons. The van der Waals surface area contributed by atoms with Crippen LogP contribution in [0.1, 0.15) is 42.7 Å². The Labute approximate surface area is 249 Å². The van der Waals surface area contributed by atoms with Crippen molar-refractivity contribution in [3.63, 3.8) is 0 Å². The minimum atomic E-state index is -0.0485. The van der Waals surface area contributed by atoms with E-state index in [0.717, 1.165) is 49.3 Å². The topological polar surface area (TPSA) is 75.9 Å². The molecule has 8 nitrogen and oxygen atoms in total. The second-order valence-corrected chi connectivity index (χ2v) is 11.4. The van der Waals surface area contributed by atoms with E-state index in [1.54, 1.807) is 0 Å². The van der Waals surface area contributed by atoms with E-state index in [4.69, 9.17) is 9.72 Å². The van der Waals surface area contributed by atoms with Crippen LogP contribution in [-0.4, -0.2) is 79.7 Å². The van der Waals surface area contributed by atoms with Gasteiger partial charge in [0.15, 0.2) is 0 Å². The molecule has 0 radical (unpaired) electrons. The third-order valence-electron chi connectivity index (χ3n) is 9.00. The average molecular weight is 567 g/mol. The van der Waals surface area contributed by atoms with Gasteiger partial charge < -0.3 is 24.3 Å². The summed E-state index contributed by atoms with van der Waals surface area (Å²) in [5, 5.41) is 12.9. The van der Waals surface area contributed by atoms with Crippen LogP contribution in [0.25, 0.3) is 10.8 Å². The van der Waals surface area contributed by atoms with Gasteiger partial charge in [-0.3, -0.25) is 4.79 Å². The highest BCUT2D eigenvalue weighted by Crippen LogP contribution is 2.39. The van der Waals surface area contributed by atoms with Crippen LogP contribution >= 0.6 is 0 Å². The molecule has 0 saturated carbocycles. The van der Waals surface area contributed by atoms with Crippen LogP contribution in [-0.2, 0) is 17.8 Å². The van der Waals surface area contributed by atoms with E-state index in [9.17, 15) is 10.1 Å². The number of benzene rings is 2. The summed E-state index contributed by atoms with van der Waals surface area (Å²) >= 11 is 0. The van der Waals surface area contributed by atoms with Gasteiger partial charge in [-0.25, -0.2) is 4.98 Å². The molecule has 1 atom stereocenters. The van der Waals surface area contributed by atoms with E-state index in [0.29, 0.717) is 56.8 Å². The molecule has 42 heavy (non-hydrogen) atoms. The lowest BCUT2D eigenvalue weighted by Crippen LogP contribution is -2.49. The Hall–Kier alpha value is -4.09. The number of hydrogen-bond acceptors (Lipinski definition) is 7. The lowest BCUT2D eigenvalue weighted by molar-refractivity contribution is -0.126. The molecule has 3 aliphatic heterocycles. The summed E-state index contributed by atoms with van der Waals surface area (Å²) in [7, 11) is 2.13. The Bertz CT molecular complexity index is 1520. The summed E-state index contributed by atoms with van der Waals surface area (Å²) in [6.45, 7) is 11.4. The third-order valence-corrected chi connectivity index (χ3v) is 9.00. The van der Waals surface area contributed by atoms with Crippen LogP contribution in [0.3, 0.4) is 0 Å². The normalized spacial score (nSPS) is 18.8. The number of aromatic nitrogens is 1. The van der Waals surface area contributed by atoms with Gasteiger partial charge >= 0.3 is 0 Å². The van der Waals surface area contributed by atoms with Gasteiger partial charge in [0.05, 0.1) is 17.9 Å². The minimum Gasteiger partial charge on any atom is -0.475 e. The molecule has 2 saturated heterocycles. The zero-order chi connectivity index (χ0) is 28.5. The Morgan fingerprint density at radius 1 is 1.12 bits per heavy atom. The Morgan fingerprint density at radius 2 is 1.88 bits per heavy atom. The number of piperazine rings is 1. The number of nitriles is 1. The number of carbonyl (C=O) groups is 1. The summed E-state index contributed by atoms with van der Waals surface area (Å²) in [5.74, 6) is 0.384. The molecule has 2 aromatic carbocycles. The summed E-state index contributed by atoms with van der Waals surface area (Å²) in [6.07, 6.45) is 4.40. The van der Waals surface area contributed by atoms with E-state index >= 15 is 0 Å². The number of anilines is 2. The van der Waals surface area contributed by atoms with Crippen molar-refractivity contribution in [2.75, 3.05) is 62.7 Å². The number of hydrogen-bond donors (Lipinski definition) is 0. The predicted molar refractivity (Wildman–Crippen MR) is 169 cm³/mol. The van der Waals surface area contributed by atoms with E-state index in [2.05, 4.69) is 77.7 Å². The first-order valence-electron chi connectivity index (χ1n) is 14.7. The van der Waals surface area contributed by atoms with Crippen molar-refractivity contribution in [2.24, 2.45) is 0 Å². The van der Waals surface area contributed by atoms with Crippen LogP contribution in [0.5, 0.6) is 5.88 Å². The fraction of sp³-hybridized carbons (Fsp3) is 0.441. The van der Waals surface area contributed by atoms with Gasteiger partial charge in [0.1, 0.15) is 18.2 Å². The highest BCUT2D eigenvalue weighted by molar-refractivity contribution is 5.97. The first kappa shape index (κ1) is 29.4. The van der Waals surface area contributed by atoms with E-state index in [1.165, 1.54) is 28.1 Å².